The molecule has 0 saturated carbocycles. The highest BCUT2D eigenvalue weighted by Gasteiger charge is 2.18. The second kappa shape index (κ2) is 6.62. The second-order valence-corrected chi connectivity index (χ2v) is 7.08. The summed E-state index contributed by atoms with van der Waals surface area (Å²) in [6, 6.07) is 7.35. The van der Waals surface area contributed by atoms with Gasteiger partial charge in [0.05, 0.1) is 12.7 Å². The standard InChI is InChI=1S/C14H15ClN6O2S/c1-2-20-9-12(7-17-20)24(22,23)19-14-16-10-21(18-14)8-11-5-3-4-6-13(11)15/h3-7,9-10H,2,8H2,1H3,(H,18,19). The van der Waals surface area contributed by atoms with Gasteiger partial charge in [-0.1, -0.05) is 29.8 Å². The van der Waals surface area contributed by atoms with Crippen LogP contribution in [0.4, 0.5) is 5.95 Å². The summed E-state index contributed by atoms with van der Waals surface area (Å²) in [5, 5.41) is 8.68. The van der Waals surface area contributed by atoms with E-state index in [1.54, 1.807) is 6.07 Å². The Balaban J connectivity index is 1.75. The van der Waals surface area contributed by atoms with Gasteiger partial charge in [-0.3, -0.25) is 4.68 Å². The molecule has 0 radical (unpaired) electrons. The van der Waals surface area contributed by atoms with Crippen LogP contribution < -0.4 is 4.72 Å². The third-order valence-electron chi connectivity index (χ3n) is 3.30. The maximum absolute atomic E-state index is 12.3. The highest BCUT2D eigenvalue weighted by Crippen LogP contribution is 2.16. The van der Waals surface area contributed by atoms with Crippen molar-refractivity contribution in [3.05, 3.63) is 53.6 Å². The molecule has 0 atom stereocenters. The van der Waals surface area contributed by atoms with Crippen molar-refractivity contribution in [1.82, 2.24) is 24.5 Å². The molecule has 3 aromatic rings. The number of anilines is 1. The third-order valence-corrected chi connectivity index (χ3v) is 4.95. The lowest BCUT2D eigenvalue weighted by Crippen LogP contribution is -2.14. The van der Waals surface area contributed by atoms with Gasteiger partial charge in [0.25, 0.3) is 16.0 Å². The van der Waals surface area contributed by atoms with Gasteiger partial charge >= 0.3 is 0 Å². The van der Waals surface area contributed by atoms with Crippen molar-refractivity contribution in [3.8, 4) is 0 Å². The fourth-order valence-electron chi connectivity index (χ4n) is 2.05. The molecule has 1 aromatic carbocycles. The van der Waals surface area contributed by atoms with Crippen LogP contribution in [0.5, 0.6) is 0 Å². The first-order chi connectivity index (χ1) is 11.5. The van der Waals surface area contributed by atoms with E-state index in [1.807, 2.05) is 25.1 Å². The number of aryl methyl sites for hydroxylation is 1. The topological polar surface area (TPSA) is 94.7 Å². The SMILES string of the molecule is CCn1cc(S(=O)(=O)Nc2ncn(Cc3ccccc3Cl)n2)cn1. The molecule has 0 bridgehead atoms. The van der Waals surface area contributed by atoms with Gasteiger partial charge in [0.1, 0.15) is 11.2 Å². The van der Waals surface area contributed by atoms with Crippen LogP contribution in [0.1, 0.15) is 12.5 Å². The largest absolute Gasteiger partial charge is 0.272 e. The first-order valence-corrected chi connectivity index (χ1v) is 9.02. The van der Waals surface area contributed by atoms with Crippen LogP contribution in [-0.4, -0.2) is 33.0 Å². The van der Waals surface area contributed by atoms with Gasteiger partial charge in [-0.15, -0.1) is 5.10 Å². The highest BCUT2D eigenvalue weighted by atomic mass is 35.5. The minimum atomic E-state index is -3.77. The molecule has 0 aliphatic carbocycles. The molecule has 1 N–H and O–H groups in total. The van der Waals surface area contributed by atoms with Crippen LogP contribution in [-0.2, 0) is 23.1 Å². The van der Waals surface area contributed by atoms with Gasteiger partial charge in [-0.2, -0.15) is 10.1 Å². The van der Waals surface area contributed by atoms with Crippen molar-refractivity contribution < 1.29 is 8.42 Å². The average molecular weight is 367 g/mol. The van der Waals surface area contributed by atoms with E-state index in [9.17, 15) is 8.42 Å². The van der Waals surface area contributed by atoms with E-state index in [0.29, 0.717) is 18.1 Å². The van der Waals surface area contributed by atoms with Crippen LogP contribution >= 0.6 is 11.6 Å². The number of benzene rings is 1. The molecule has 0 fully saturated rings. The van der Waals surface area contributed by atoms with Crippen molar-refractivity contribution in [1.29, 1.82) is 0 Å². The molecule has 0 unspecified atom stereocenters. The molecule has 3 rings (SSSR count). The summed E-state index contributed by atoms with van der Waals surface area (Å²) >= 11 is 6.10. The van der Waals surface area contributed by atoms with Gasteiger partial charge in [-0.05, 0) is 18.6 Å². The van der Waals surface area contributed by atoms with E-state index >= 15 is 0 Å². The molecule has 0 aliphatic rings. The van der Waals surface area contributed by atoms with Crippen LogP contribution in [0, 0.1) is 0 Å². The molecule has 0 amide bonds. The molecule has 2 aromatic heterocycles. The summed E-state index contributed by atoms with van der Waals surface area (Å²) in [7, 11) is -3.77. The molecular formula is C14H15ClN6O2S. The highest BCUT2D eigenvalue weighted by molar-refractivity contribution is 7.92. The van der Waals surface area contributed by atoms with Gasteiger partial charge in [0, 0.05) is 17.8 Å². The molecule has 126 valence electrons. The number of rotatable bonds is 6. The van der Waals surface area contributed by atoms with Gasteiger partial charge in [-0.25, -0.2) is 17.8 Å². The van der Waals surface area contributed by atoms with Crippen LogP contribution in [0.3, 0.4) is 0 Å². The third kappa shape index (κ3) is 3.57. The number of hydrogen-bond donors (Lipinski definition) is 1. The number of halogens is 1. The minimum Gasteiger partial charge on any atom is -0.272 e. The average Bonchev–Trinajstić information content (AvgIpc) is 3.19. The summed E-state index contributed by atoms with van der Waals surface area (Å²) < 4.78 is 29.9. The molecule has 24 heavy (non-hydrogen) atoms. The molecular weight excluding hydrogens is 352 g/mol. The predicted molar refractivity (Wildman–Crippen MR) is 89.3 cm³/mol. The zero-order valence-corrected chi connectivity index (χ0v) is 14.4. The van der Waals surface area contributed by atoms with E-state index in [-0.39, 0.29) is 10.8 Å². The first kappa shape index (κ1) is 16.5. The van der Waals surface area contributed by atoms with E-state index in [0.717, 1.165) is 5.56 Å². The Kier molecular flexibility index (Phi) is 4.54. The lowest BCUT2D eigenvalue weighted by Gasteiger charge is -2.03. The number of sulfonamides is 1. The van der Waals surface area contributed by atoms with Gasteiger partial charge in [0.2, 0.25) is 0 Å². The maximum atomic E-state index is 12.3. The molecule has 10 heteroatoms. The lowest BCUT2D eigenvalue weighted by molar-refractivity contribution is 0.600. The molecule has 0 aliphatic heterocycles. The van der Waals surface area contributed by atoms with E-state index in [2.05, 4.69) is 19.9 Å². The van der Waals surface area contributed by atoms with Gasteiger partial charge in [0.15, 0.2) is 0 Å². The van der Waals surface area contributed by atoms with E-state index in [4.69, 9.17) is 11.6 Å². The van der Waals surface area contributed by atoms with E-state index in [1.165, 1.54) is 28.1 Å². The van der Waals surface area contributed by atoms with Crippen molar-refractivity contribution in [2.24, 2.45) is 0 Å². The Labute approximate surface area is 144 Å². The first-order valence-electron chi connectivity index (χ1n) is 7.16. The number of hydrogen-bond acceptors (Lipinski definition) is 5. The summed E-state index contributed by atoms with van der Waals surface area (Å²) in [4.78, 5) is 4.03. The van der Waals surface area contributed by atoms with Crippen LogP contribution in [0.15, 0.2) is 47.9 Å². The van der Waals surface area contributed by atoms with E-state index < -0.39 is 10.0 Å². The maximum Gasteiger partial charge on any atom is 0.267 e. The van der Waals surface area contributed by atoms with Crippen molar-refractivity contribution in [2.45, 2.75) is 24.9 Å². The van der Waals surface area contributed by atoms with Gasteiger partial charge < -0.3 is 0 Å². The summed E-state index contributed by atoms with van der Waals surface area (Å²) in [5.74, 6) is -0.00805. The fraction of sp³-hybridized carbons (Fsp3) is 0.214. The van der Waals surface area contributed by atoms with Crippen LogP contribution in [0.25, 0.3) is 0 Å². The molecule has 8 nitrogen and oxygen atoms in total. The Bertz CT molecular complexity index is 950. The summed E-state index contributed by atoms with van der Waals surface area (Å²) in [6.07, 6.45) is 4.17. The molecule has 0 spiro atoms. The summed E-state index contributed by atoms with van der Waals surface area (Å²) in [5.41, 5.74) is 0.864. The number of aromatic nitrogens is 5. The normalized spacial score (nSPS) is 11.6. The Morgan fingerprint density at radius 2 is 2.04 bits per heavy atom. The van der Waals surface area contributed by atoms with Crippen LogP contribution in [0.2, 0.25) is 5.02 Å². The predicted octanol–water partition coefficient (Wildman–Crippen LogP) is 2.00. The Hall–Kier alpha value is -2.39. The lowest BCUT2D eigenvalue weighted by atomic mass is 10.2. The second-order valence-electron chi connectivity index (χ2n) is 4.99. The summed E-state index contributed by atoms with van der Waals surface area (Å²) in [6.45, 7) is 2.84. The monoisotopic (exact) mass is 366 g/mol. The molecule has 2 heterocycles. The minimum absolute atomic E-state index is 0.00805. The van der Waals surface area contributed by atoms with Crippen molar-refractivity contribution >= 4 is 27.6 Å². The Morgan fingerprint density at radius 1 is 1.25 bits per heavy atom. The van der Waals surface area contributed by atoms with Crippen molar-refractivity contribution in [3.63, 3.8) is 0 Å². The smallest absolute Gasteiger partial charge is 0.267 e. The Morgan fingerprint density at radius 3 is 2.75 bits per heavy atom. The number of nitrogens with zero attached hydrogens (tertiary/aromatic N) is 5. The zero-order valence-electron chi connectivity index (χ0n) is 12.8. The molecule has 0 saturated heterocycles. The number of nitrogens with one attached hydrogen (secondary N) is 1. The fourth-order valence-corrected chi connectivity index (χ4v) is 3.15. The zero-order chi connectivity index (χ0) is 17.2. The quantitative estimate of drug-likeness (QED) is 0.720. The van der Waals surface area contributed by atoms with Crippen molar-refractivity contribution in [2.75, 3.05) is 4.72 Å².